The summed E-state index contributed by atoms with van der Waals surface area (Å²) >= 11 is 0. The molecule has 0 aromatic heterocycles. The Morgan fingerprint density at radius 1 is 1.29 bits per heavy atom. The third-order valence-corrected chi connectivity index (χ3v) is 4.20. The van der Waals surface area contributed by atoms with Gasteiger partial charge in [-0.1, -0.05) is 13.0 Å². The van der Waals surface area contributed by atoms with Crippen molar-refractivity contribution in [1.29, 1.82) is 0 Å². The van der Waals surface area contributed by atoms with E-state index >= 15 is 0 Å². The van der Waals surface area contributed by atoms with Crippen LogP contribution in [0.15, 0.2) is 18.2 Å². The number of halogens is 3. The standard InChI is InChI=1S/C17H25F3N2O2/c1-3-22-7-6-14(11-22)10-21-9-13-4-5-15(16(8-13)23-2)24-12-17(18,19)20/h4-5,8,14,21H,3,6-7,9-12H2,1-2H3/t14-/m0/s1. The second-order valence-corrected chi connectivity index (χ2v) is 6.07. The van der Waals surface area contributed by atoms with Gasteiger partial charge in [0, 0.05) is 13.1 Å². The molecule has 24 heavy (non-hydrogen) atoms. The number of nitrogens with zero attached hydrogens (tertiary/aromatic N) is 1. The highest BCUT2D eigenvalue weighted by molar-refractivity contribution is 5.43. The molecule has 0 spiro atoms. The van der Waals surface area contributed by atoms with Crippen molar-refractivity contribution in [3.05, 3.63) is 23.8 Å². The molecule has 4 nitrogen and oxygen atoms in total. The molecule has 7 heteroatoms. The summed E-state index contributed by atoms with van der Waals surface area (Å²) in [5.74, 6) is 1.07. The van der Waals surface area contributed by atoms with Crippen LogP contribution in [0.4, 0.5) is 13.2 Å². The molecule has 0 saturated carbocycles. The lowest BCUT2D eigenvalue weighted by atomic mass is 10.1. The Balaban J connectivity index is 1.83. The first-order valence-corrected chi connectivity index (χ1v) is 8.20. The Morgan fingerprint density at radius 3 is 2.71 bits per heavy atom. The summed E-state index contributed by atoms with van der Waals surface area (Å²) in [4.78, 5) is 2.43. The van der Waals surface area contributed by atoms with Crippen LogP contribution < -0.4 is 14.8 Å². The molecule has 136 valence electrons. The number of rotatable bonds is 8. The first kappa shape index (κ1) is 18.9. The van der Waals surface area contributed by atoms with Gasteiger partial charge in [-0.05, 0) is 49.7 Å². The van der Waals surface area contributed by atoms with Crippen molar-refractivity contribution in [2.45, 2.75) is 26.1 Å². The van der Waals surface area contributed by atoms with Crippen molar-refractivity contribution in [3.63, 3.8) is 0 Å². The number of hydrogen-bond acceptors (Lipinski definition) is 4. The molecule has 1 aromatic rings. The molecule has 1 fully saturated rings. The number of benzene rings is 1. The van der Waals surface area contributed by atoms with Gasteiger partial charge in [-0.25, -0.2) is 0 Å². The van der Waals surface area contributed by atoms with E-state index in [9.17, 15) is 13.2 Å². The Kier molecular flexibility index (Phi) is 6.74. The minimum atomic E-state index is -4.36. The van der Waals surface area contributed by atoms with E-state index in [-0.39, 0.29) is 5.75 Å². The summed E-state index contributed by atoms with van der Waals surface area (Å²) in [6, 6.07) is 5.00. The van der Waals surface area contributed by atoms with Crippen molar-refractivity contribution in [2.75, 3.05) is 39.9 Å². The predicted molar refractivity (Wildman–Crippen MR) is 86.5 cm³/mol. The van der Waals surface area contributed by atoms with Crippen LogP contribution in [-0.4, -0.2) is 51.0 Å². The molecular weight excluding hydrogens is 321 g/mol. The SMILES string of the molecule is CCN1CC[C@@H](CNCc2ccc(OCC(F)(F)F)c(OC)c2)C1. The Labute approximate surface area is 140 Å². The minimum absolute atomic E-state index is 0.105. The molecule has 0 aliphatic carbocycles. The number of methoxy groups -OCH3 is 1. The van der Waals surface area contributed by atoms with E-state index in [1.54, 1.807) is 12.1 Å². The molecule has 1 saturated heterocycles. The number of alkyl halides is 3. The van der Waals surface area contributed by atoms with Crippen molar-refractivity contribution in [3.8, 4) is 11.5 Å². The third kappa shape index (κ3) is 5.87. The molecule has 0 bridgehead atoms. The van der Waals surface area contributed by atoms with Gasteiger partial charge in [0.1, 0.15) is 0 Å². The number of nitrogens with one attached hydrogen (secondary N) is 1. The normalized spacial score (nSPS) is 18.8. The molecule has 1 aromatic carbocycles. The maximum atomic E-state index is 12.2. The first-order chi connectivity index (χ1) is 11.4. The van der Waals surface area contributed by atoms with Gasteiger partial charge in [0.15, 0.2) is 18.1 Å². The summed E-state index contributed by atoms with van der Waals surface area (Å²) in [6.07, 6.45) is -3.16. The summed E-state index contributed by atoms with van der Waals surface area (Å²) in [5.41, 5.74) is 0.955. The maximum Gasteiger partial charge on any atom is 0.422 e. The molecule has 1 aliphatic heterocycles. The smallest absolute Gasteiger partial charge is 0.422 e. The van der Waals surface area contributed by atoms with Gasteiger partial charge < -0.3 is 19.7 Å². The summed E-state index contributed by atoms with van der Waals surface area (Å²) in [7, 11) is 1.42. The van der Waals surface area contributed by atoms with E-state index in [0.717, 1.165) is 31.7 Å². The van der Waals surface area contributed by atoms with Gasteiger partial charge in [0.2, 0.25) is 0 Å². The van der Waals surface area contributed by atoms with Gasteiger partial charge >= 0.3 is 6.18 Å². The van der Waals surface area contributed by atoms with E-state index < -0.39 is 12.8 Å². The highest BCUT2D eigenvalue weighted by atomic mass is 19.4. The molecule has 0 radical (unpaired) electrons. The lowest BCUT2D eigenvalue weighted by Crippen LogP contribution is -2.26. The molecule has 1 heterocycles. The molecule has 1 N–H and O–H groups in total. The fraction of sp³-hybridized carbons (Fsp3) is 0.647. The van der Waals surface area contributed by atoms with Crippen molar-refractivity contribution in [2.24, 2.45) is 5.92 Å². The van der Waals surface area contributed by atoms with Crippen LogP contribution in [0.25, 0.3) is 0 Å². The fourth-order valence-electron chi connectivity index (χ4n) is 2.89. The highest BCUT2D eigenvalue weighted by Gasteiger charge is 2.29. The molecule has 2 rings (SSSR count). The Hall–Kier alpha value is -1.47. The van der Waals surface area contributed by atoms with E-state index in [1.165, 1.54) is 19.6 Å². The fourth-order valence-corrected chi connectivity index (χ4v) is 2.89. The van der Waals surface area contributed by atoms with Gasteiger partial charge in [0.25, 0.3) is 0 Å². The predicted octanol–water partition coefficient (Wildman–Crippen LogP) is 3.07. The van der Waals surface area contributed by atoms with Gasteiger partial charge in [-0.15, -0.1) is 0 Å². The van der Waals surface area contributed by atoms with Gasteiger partial charge in [0.05, 0.1) is 7.11 Å². The zero-order valence-electron chi connectivity index (χ0n) is 14.2. The second kappa shape index (κ2) is 8.58. The number of hydrogen-bond donors (Lipinski definition) is 1. The van der Waals surface area contributed by atoms with Crippen LogP contribution in [0.1, 0.15) is 18.9 Å². The third-order valence-electron chi connectivity index (χ3n) is 4.20. The van der Waals surface area contributed by atoms with E-state index in [1.807, 2.05) is 0 Å². The Morgan fingerprint density at radius 2 is 2.08 bits per heavy atom. The zero-order chi connectivity index (χ0) is 17.6. The number of ether oxygens (including phenoxy) is 2. The lowest BCUT2D eigenvalue weighted by molar-refractivity contribution is -0.153. The average molecular weight is 346 g/mol. The maximum absolute atomic E-state index is 12.2. The van der Waals surface area contributed by atoms with Crippen molar-refractivity contribution in [1.82, 2.24) is 10.2 Å². The van der Waals surface area contributed by atoms with E-state index in [0.29, 0.717) is 18.2 Å². The average Bonchev–Trinajstić information content (AvgIpc) is 3.00. The van der Waals surface area contributed by atoms with Crippen molar-refractivity contribution < 1.29 is 22.6 Å². The van der Waals surface area contributed by atoms with Crippen LogP contribution in [0.2, 0.25) is 0 Å². The highest BCUT2D eigenvalue weighted by Crippen LogP contribution is 2.29. The van der Waals surface area contributed by atoms with E-state index in [2.05, 4.69) is 17.1 Å². The lowest BCUT2D eigenvalue weighted by Gasteiger charge is -2.15. The summed E-state index contributed by atoms with van der Waals surface area (Å²) in [5, 5.41) is 3.41. The molecular formula is C17H25F3N2O2. The quantitative estimate of drug-likeness (QED) is 0.784. The van der Waals surface area contributed by atoms with Crippen LogP contribution in [0, 0.1) is 5.92 Å². The zero-order valence-corrected chi connectivity index (χ0v) is 14.2. The van der Waals surface area contributed by atoms with Crippen LogP contribution in [0.3, 0.4) is 0 Å². The topological polar surface area (TPSA) is 33.7 Å². The largest absolute Gasteiger partial charge is 0.493 e. The van der Waals surface area contributed by atoms with Crippen LogP contribution in [-0.2, 0) is 6.54 Å². The van der Waals surface area contributed by atoms with Crippen LogP contribution >= 0.6 is 0 Å². The molecule has 0 amide bonds. The van der Waals surface area contributed by atoms with Crippen molar-refractivity contribution >= 4 is 0 Å². The molecule has 0 unspecified atom stereocenters. The van der Waals surface area contributed by atoms with E-state index in [4.69, 9.17) is 9.47 Å². The van der Waals surface area contributed by atoms with Gasteiger partial charge in [-0.3, -0.25) is 0 Å². The summed E-state index contributed by atoms with van der Waals surface area (Å²) in [6.45, 7) is 5.80. The second-order valence-electron chi connectivity index (χ2n) is 6.07. The molecule has 1 atom stereocenters. The van der Waals surface area contributed by atoms with Crippen LogP contribution in [0.5, 0.6) is 11.5 Å². The Bertz CT molecular complexity index is 523. The number of likely N-dealkylation sites (tertiary alicyclic amines) is 1. The van der Waals surface area contributed by atoms with Gasteiger partial charge in [-0.2, -0.15) is 13.2 Å². The monoisotopic (exact) mass is 346 g/mol. The summed E-state index contributed by atoms with van der Waals surface area (Å²) < 4.78 is 46.6. The minimum Gasteiger partial charge on any atom is -0.493 e. The first-order valence-electron chi connectivity index (χ1n) is 8.20. The molecule has 1 aliphatic rings.